The van der Waals surface area contributed by atoms with Crippen molar-refractivity contribution < 1.29 is 0 Å². The summed E-state index contributed by atoms with van der Waals surface area (Å²) >= 11 is 3.57. The quantitative estimate of drug-likeness (QED) is 0.801. The highest BCUT2D eigenvalue weighted by molar-refractivity contribution is 9.10. The van der Waals surface area contributed by atoms with Crippen LogP contribution in [0.4, 0.5) is 0 Å². The van der Waals surface area contributed by atoms with Crippen LogP contribution in [0.5, 0.6) is 0 Å². The lowest BCUT2D eigenvalue weighted by Crippen LogP contribution is -2.43. The Labute approximate surface area is 126 Å². The Morgan fingerprint density at radius 1 is 1.21 bits per heavy atom. The van der Waals surface area contributed by atoms with Crippen LogP contribution in [-0.2, 0) is 6.42 Å². The number of halogens is 1. The molecule has 0 saturated carbocycles. The summed E-state index contributed by atoms with van der Waals surface area (Å²) < 4.78 is 1.20. The molecule has 1 aliphatic carbocycles. The third-order valence-corrected chi connectivity index (χ3v) is 4.21. The average molecular weight is 324 g/mol. The number of fused-ring (bicyclic) bond motifs is 1. The molecule has 0 aromatic heterocycles. The molecule has 0 fully saturated rings. The van der Waals surface area contributed by atoms with E-state index in [0.717, 1.165) is 0 Å². The van der Waals surface area contributed by atoms with Gasteiger partial charge in [0, 0.05) is 16.1 Å². The molecule has 1 nitrogen and oxygen atoms in total. The van der Waals surface area contributed by atoms with E-state index in [0.29, 0.717) is 11.5 Å². The van der Waals surface area contributed by atoms with E-state index < -0.39 is 0 Å². The van der Waals surface area contributed by atoms with Crippen LogP contribution in [0.1, 0.15) is 64.6 Å². The molecule has 0 aliphatic heterocycles. The molecule has 1 aromatic carbocycles. The van der Waals surface area contributed by atoms with Gasteiger partial charge in [-0.15, -0.1) is 0 Å². The van der Waals surface area contributed by atoms with E-state index >= 15 is 0 Å². The van der Waals surface area contributed by atoms with Gasteiger partial charge in [0.25, 0.3) is 0 Å². The van der Waals surface area contributed by atoms with E-state index in [9.17, 15) is 0 Å². The fraction of sp³-hybridized carbons (Fsp3) is 0.647. The van der Waals surface area contributed by atoms with Crippen LogP contribution in [0.2, 0.25) is 0 Å². The van der Waals surface area contributed by atoms with Crippen molar-refractivity contribution in [3.8, 4) is 0 Å². The molecule has 0 radical (unpaired) electrons. The van der Waals surface area contributed by atoms with E-state index in [2.05, 4.69) is 74.1 Å². The summed E-state index contributed by atoms with van der Waals surface area (Å²) in [5.41, 5.74) is 3.53. The maximum atomic E-state index is 3.87. The standard InChI is InChI=1S/C17H26BrN/c1-16(2,3)11-17(4,5)19-15-9-6-12-10-13(18)7-8-14(12)15/h7-8,10,15,19H,6,9,11H2,1-5H3. The number of hydrogen-bond donors (Lipinski definition) is 1. The van der Waals surface area contributed by atoms with Gasteiger partial charge in [0.2, 0.25) is 0 Å². The fourth-order valence-electron chi connectivity index (χ4n) is 3.58. The van der Waals surface area contributed by atoms with Crippen molar-refractivity contribution in [1.29, 1.82) is 0 Å². The first kappa shape index (κ1) is 15.1. The number of nitrogens with one attached hydrogen (secondary N) is 1. The molecule has 0 bridgehead atoms. The first-order chi connectivity index (χ1) is 8.66. The normalized spacial score (nSPS) is 19.6. The van der Waals surface area contributed by atoms with Crippen LogP contribution in [-0.4, -0.2) is 5.54 Å². The fourth-order valence-corrected chi connectivity index (χ4v) is 3.99. The molecule has 1 aromatic rings. The van der Waals surface area contributed by atoms with Crippen LogP contribution in [0.25, 0.3) is 0 Å². The van der Waals surface area contributed by atoms with Crippen LogP contribution in [0, 0.1) is 5.41 Å². The monoisotopic (exact) mass is 323 g/mol. The maximum absolute atomic E-state index is 3.87. The van der Waals surface area contributed by atoms with Crippen LogP contribution < -0.4 is 5.32 Å². The van der Waals surface area contributed by atoms with Crippen molar-refractivity contribution in [2.45, 2.75) is 65.5 Å². The van der Waals surface area contributed by atoms with Gasteiger partial charge in [-0.3, -0.25) is 0 Å². The average Bonchev–Trinajstić information content (AvgIpc) is 2.56. The minimum atomic E-state index is 0.178. The SMILES string of the molecule is CC(C)(C)CC(C)(C)NC1CCc2cc(Br)ccc21. The van der Waals surface area contributed by atoms with Gasteiger partial charge < -0.3 is 5.32 Å². The van der Waals surface area contributed by atoms with E-state index in [-0.39, 0.29) is 5.54 Å². The number of hydrogen-bond acceptors (Lipinski definition) is 1. The first-order valence-electron chi connectivity index (χ1n) is 7.22. The second kappa shape index (κ2) is 5.21. The lowest BCUT2D eigenvalue weighted by molar-refractivity contribution is 0.222. The van der Waals surface area contributed by atoms with Gasteiger partial charge in [-0.2, -0.15) is 0 Å². The molecular weight excluding hydrogens is 298 g/mol. The smallest absolute Gasteiger partial charge is 0.0330 e. The number of aryl methyl sites for hydroxylation is 1. The Morgan fingerprint density at radius 2 is 1.89 bits per heavy atom. The molecule has 1 aliphatic rings. The van der Waals surface area contributed by atoms with Crippen molar-refractivity contribution in [2.75, 3.05) is 0 Å². The molecule has 19 heavy (non-hydrogen) atoms. The highest BCUT2D eigenvalue weighted by atomic mass is 79.9. The van der Waals surface area contributed by atoms with Crippen molar-refractivity contribution >= 4 is 15.9 Å². The van der Waals surface area contributed by atoms with Gasteiger partial charge in [0.15, 0.2) is 0 Å². The third kappa shape index (κ3) is 4.06. The summed E-state index contributed by atoms with van der Waals surface area (Å²) in [6.07, 6.45) is 3.60. The third-order valence-electron chi connectivity index (χ3n) is 3.72. The molecule has 1 atom stereocenters. The van der Waals surface area contributed by atoms with Crippen LogP contribution >= 0.6 is 15.9 Å². The Morgan fingerprint density at radius 3 is 2.53 bits per heavy atom. The lowest BCUT2D eigenvalue weighted by atomic mass is 9.81. The zero-order valence-corrected chi connectivity index (χ0v) is 14.4. The second-order valence-electron chi connectivity index (χ2n) is 7.70. The summed E-state index contributed by atoms with van der Waals surface area (Å²) in [7, 11) is 0. The van der Waals surface area contributed by atoms with Crippen molar-refractivity contribution in [3.05, 3.63) is 33.8 Å². The van der Waals surface area contributed by atoms with Crippen molar-refractivity contribution in [3.63, 3.8) is 0 Å². The van der Waals surface area contributed by atoms with E-state index in [1.54, 1.807) is 0 Å². The highest BCUT2D eigenvalue weighted by Crippen LogP contribution is 2.36. The van der Waals surface area contributed by atoms with Crippen LogP contribution in [0.3, 0.4) is 0 Å². The second-order valence-corrected chi connectivity index (χ2v) is 8.62. The largest absolute Gasteiger partial charge is 0.305 e. The summed E-state index contributed by atoms with van der Waals surface area (Å²) in [4.78, 5) is 0. The minimum absolute atomic E-state index is 0.178. The van der Waals surface area contributed by atoms with Crippen molar-refractivity contribution in [2.24, 2.45) is 5.41 Å². The van der Waals surface area contributed by atoms with Gasteiger partial charge in [-0.05, 0) is 61.8 Å². The molecule has 1 N–H and O–H groups in total. The Kier molecular flexibility index (Phi) is 4.13. The molecule has 106 valence electrons. The molecule has 0 saturated heterocycles. The van der Waals surface area contributed by atoms with E-state index in [1.165, 1.54) is 34.9 Å². The van der Waals surface area contributed by atoms with Gasteiger partial charge in [-0.1, -0.05) is 42.8 Å². The van der Waals surface area contributed by atoms with E-state index in [4.69, 9.17) is 0 Å². The molecule has 1 unspecified atom stereocenters. The molecule has 2 heteroatoms. The minimum Gasteiger partial charge on any atom is -0.305 e. The summed E-state index contributed by atoms with van der Waals surface area (Å²) in [5, 5.41) is 3.87. The Balaban J connectivity index is 2.10. The van der Waals surface area contributed by atoms with Crippen LogP contribution in [0.15, 0.2) is 22.7 Å². The Bertz CT molecular complexity index is 457. The van der Waals surface area contributed by atoms with Gasteiger partial charge >= 0.3 is 0 Å². The van der Waals surface area contributed by atoms with Gasteiger partial charge in [0.1, 0.15) is 0 Å². The lowest BCUT2D eigenvalue weighted by Gasteiger charge is -2.36. The van der Waals surface area contributed by atoms with E-state index in [1.807, 2.05) is 0 Å². The molecule has 0 heterocycles. The van der Waals surface area contributed by atoms with Gasteiger partial charge in [-0.25, -0.2) is 0 Å². The molecule has 0 spiro atoms. The highest BCUT2D eigenvalue weighted by Gasteiger charge is 2.31. The predicted molar refractivity (Wildman–Crippen MR) is 86.5 cm³/mol. The zero-order chi connectivity index (χ0) is 14.3. The van der Waals surface area contributed by atoms with Crippen molar-refractivity contribution in [1.82, 2.24) is 5.32 Å². The predicted octanol–water partition coefficient (Wildman–Crippen LogP) is 5.24. The zero-order valence-electron chi connectivity index (χ0n) is 12.8. The molecule has 0 amide bonds. The Hall–Kier alpha value is -0.340. The molecular formula is C17H26BrN. The topological polar surface area (TPSA) is 12.0 Å². The maximum Gasteiger partial charge on any atom is 0.0330 e. The van der Waals surface area contributed by atoms with Gasteiger partial charge in [0.05, 0.1) is 0 Å². The number of rotatable bonds is 3. The molecule has 2 rings (SSSR count). The number of benzene rings is 1. The summed E-state index contributed by atoms with van der Waals surface area (Å²) in [6, 6.07) is 7.22. The summed E-state index contributed by atoms with van der Waals surface area (Å²) in [5.74, 6) is 0. The summed E-state index contributed by atoms with van der Waals surface area (Å²) in [6.45, 7) is 11.6. The first-order valence-corrected chi connectivity index (χ1v) is 8.02.